The van der Waals surface area contributed by atoms with Gasteiger partial charge in [-0.15, -0.1) is 0 Å². The minimum absolute atomic E-state index is 0.0103. The summed E-state index contributed by atoms with van der Waals surface area (Å²) in [6.07, 6.45) is 2.89. The number of nitrogen functional groups attached to an aromatic ring is 1. The molecule has 1 aromatic rings. The third kappa shape index (κ3) is 4.61. The molecule has 1 atom stereocenters. The molecule has 0 saturated heterocycles. The Morgan fingerprint density at radius 3 is 2.82 bits per heavy atom. The molecule has 96 valence electrons. The van der Waals surface area contributed by atoms with Crippen molar-refractivity contribution < 1.29 is 0 Å². The van der Waals surface area contributed by atoms with Crippen LogP contribution in [0.25, 0.3) is 0 Å². The third-order valence-corrected chi connectivity index (χ3v) is 3.05. The van der Waals surface area contributed by atoms with E-state index >= 15 is 0 Å². The van der Waals surface area contributed by atoms with E-state index in [-0.39, 0.29) is 5.56 Å². The van der Waals surface area contributed by atoms with Crippen molar-refractivity contribution in [2.75, 3.05) is 25.9 Å². The van der Waals surface area contributed by atoms with Crippen LogP contribution in [0, 0.1) is 5.92 Å². The zero-order valence-corrected chi connectivity index (χ0v) is 11.0. The summed E-state index contributed by atoms with van der Waals surface area (Å²) < 4.78 is 1.67. The number of hydrogen-bond donors (Lipinski definition) is 1. The van der Waals surface area contributed by atoms with Gasteiger partial charge in [-0.25, -0.2) is 0 Å². The van der Waals surface area contributed by atoms with E-state index in [0.29, 0.717) is 18.2 Å². The van der Waals surface area contributed by atoms with Gasteiger partial charge < -0.3 is 15.2 Å². The molecule has 1 rings (SSSR count). The van der Waals surface area contributed by atoms with Crippen LogP contribution in [0.3, 0.4) is 0 Å². The minimum atomic E-state index is 0.0103. The van der Waals surface area contributed by atoms with Gasteiger partial charge in [0.15, 0.2) is 0 Å². The Labute approximate surface area is 103 Å². The predicted molar refractivity (Wildman–Crippen MR) is 72.1 cm³/mol. The fraction of sp³-hybridized carbons (Fsp3) is 0.615. The van der Waals surface area contributed by atoms with E-state index in [9.17, 15) is 4.79 Å². The largest absolute Gasteiger partial charge is 0.398 e. The van der Waals surface area contributed by atoms with Crippen molar-refractivity contribution in [3.05, 3.63) is 28.7 Å². The van der Waals surface area contributed by atoms with Crippen molar-refractivity contribution in [1.29, 1.82) is 0 Å². The highest BCUT2D eigenvalue weighted by molar-refractivity contribution is 5.33. The molecule has 0 bridgehead atoms. The number of likely N-dealkylation sites (N-methyl/N-ethyl adjacent to an activating group) is 1. The van der Waals surface area contributed by atoms with Gasteiger partial charge in [-0.05, 0) is 19.0 Å². The smallest absolute Gasteiger partial charge is 0.250 e. The lowest BCUT2D eigenvalue weighted by molar-refractivity contribution is 0.271. The fourth-order valence-electron chi connectivity index (χ4n) is 1.76. The minimum Gasteiger partial charge on any atom is -0.398 e. The first-order valence-corrected chi connectivity index (χ1v) is 6.17. The molecular weight excluding hydrogens is 214 g/mol. The monoisotopic (exact) mass is 237 g/mol. The number of nitrogens with two attached hydrogens (primary N) is 1. The summed E-state index contributed by atoms with van der Waals surface area (Å²) in [6, 6.07) is 3.16. The Balaban J connectivity index is 2.50. The topological polar surface area (TPSA) is 51.3 Å². The van der Waals surface area contributed by atoms with Gasteiger partial charge in [0.25, 0.3) is 5.56 Å². The van der Waals surface area contributed by atoms with Crippen LogP contribution in [0.2, 0.25) is 0 Å². The lowest BCUT2D eigenvalue weighted by Gasteiger charge is -2.20. The maximum Gasteiger partial charge on any atom is 0.250 e. The molecule has 0 saturated carbocycles. The zero-order valence-electron chi connectivity index (χ0n) is 11.0. The summed E-state index contributed by atoms with van der Waals surface area (Å²) in [7, 11) is 2.09. The second-order valence-electron chi connectivity index (χ2n) is 4.77. The van der Waals surface area contributed by atoms with E-state index in [2.05, 4.69) is 25.8 Å². The highest BCUT2D eigenvalue weighted by Crippen LogP contribution is 2.02. The van der Waals surface area contributed by atoms with Gasteiger partial charge in [-0.1, -0.05) is 20.3 Å². The average Bonchev–Trinajstić information content (AvgIpc) is 2.30. The summed E-state index contributed by atoms with van der Waals surface area (Å²) in [5.74, 6) is 0.692. The molecule has 17 heavy (non-hydrogen) atoms. The normalized spacial score (nSPS) is 12.9. The molecule has 1 aromatic heterocycles. The lowest BCUT2D eigenvalue weighted by Crippen LogP contribution is -2.30. The molecule has 1 heterocycles. The summed E-state index contributed by atoms with van der Waals surface area (Å²) in [5, 5.41) is 0. The lowest BCUT2D eigenvalue weighted by atomic mass is 10.1. The number of aromatic nitrogens is 1. The third-order valence-electron chi connectivity index (χ3n) is 3.05. The molecule has 1 unspecified atom stereocenters. The van der Waals surface area contributed by atoms with Crippen molar-refractivity contribution >= 4 is 5.69 Å². The number of pyridine rings is 1. The molecule has 0 radical (unpaired) electrons. The molecule has 0 spiro atoms. The fourth-order valence-corrected chi connectivity index (χ4v) is 1.76. The first-order chi connectivity index (χ1) is 8.02. The SMILES string of the molecule is CCC(C)CN(C)CCn1cc(N)ccc1=O. The molecule has 0 fully saturated rings. The van der Waals surface area contributed by atoms with Crippen molar-refractivity contribution in [1.82, 2.24) is 9.47 Å². The van der Waals surface area contributed by atoms with E-state index in [1.165, 1.54) is 12.5 Å². The summed E-state index contributed by atoms with van der Waals surface area (Å²) in [4.78, 5) is 13.8. The zero-order chi connectivity index (χ0) is 12.8. The van der Waals surface area contributed by atoms with E-state index in [4.69, 9.17) is 5.73 Å². The molecule has 4 heteroatoms. The van der Waals surface area contributed by atoms with Crippen LogP contribution in [0.1, 0.15) is 20.3 Å². The first kappa shape index (κ1) is 13.8. The highest BCUT2D eigenvalue weighted by atomic mass is 16.1. The number of nitrogens with zero attached hydrogens (tertiary/aromatic N) is 2. The summed E-state index contributed by atoms with van der Waals surface area (Å²) in [6.45, 7) is 7.06. The Morgan fingerprint density at radius 1 is 1.47 bits per heavy atom. The summed E-state index contributed by atoms with van der Waals surface area (Å²) in [5.41, 5.74) is 6.31. The molecule has 0 aromatic carbocycles. The molecule has 0 aliphatic carbocycles. The Bertz CT molecular complexity index is 400. The number of hydrogen-bond acceptors (Lipinski definition) is 3. The van der Waals surface area contributed by atoms with Crippen LogP contribution >= 0.6 is 0 Å². The van der Waals surface area contributed by atoms with Crippen molar-refractivity contribution in [2.24, 2.45) is 5.92 Å². The molecular formula is C13H23N3O. The van der Waals surface area contributed by atoms with Gasteiger partial charge in [-0.2, -0.15) is 0 Å². The van der Waals surface area contributed by atoms with Crippen molar-refractivity contribution in [3.63, 3.8) is 0 Å². The second kappa shape index (κ2) is 6.45. The van der Waals surface area contributed by atoms with Crippen LogP contribution in [-0.4, -0.2) is 29.6 Å². The maximum absolute atomic E-state index is 11.6. The van der Waals surface area contributed by atoms with E-state index in [0.717, 1.165) is 13.1 Å². The second-order valence-corrected chi connectivity index (χ2v) is 4.77. The number of rotatable bonds is 6. The van der Waals surface area contributed by atoms with Gasteiger partial charge in [-0.3, -0.25) is 4.79 Å². The summed E-state index contributed by atoms with van der Waals surface area (Å²) >= 11 is 0. The van der Waals surface area contributed by atoms with Crippen LogP contribution in [-0.2, 0) is 6.54 Å². The Kier molecular flexibility index (Phi) is 5.22. The molecule has 0 amide bonds. The molecule has 0 aliphatic heterocycles. The van der Waals surface area contributed by atoms with E-state index in [1.54, 1.807) is 16.8 Å². The van der Waals surface area contributed by atoms with Crippen LogP contribution in [0.15, 0.2) is 23.1 Å². The predicted octanol–water partition coefficient (Wildman–Crippen LogP) is 1.41. The highest BCUT2D eigenvalue weighted by Gasteiger charge is 2.05. The van der Waals surface area contributed by atoms with E-state index in [1.807, 2.05) is 0 Å². The van der Waals surface area contributed by atoms with E-state index < -0.39 is 0 Å². The van der Waals surface area contributed by atoms with Gasteiger partial charge in [0, 0.05) is 37.6 Å². The average molecular weight is 237 g/mol. The quantitative estimate of drug-likeness (QED) is 0.814. The molecule has 4 nitrogen and oxygen atoms in total. The van der Waals surface area contributed by atoms with Crippen molar-refractivity contribution in [2.45, 2.75) is 26.8 Å². The number of anilines is 1. The van der Waals surface area contributed by atoms with Crippen LogP contribution in [0.5, 0.6) is 0 Å². The standard InChI is InChI=1S/C13H23N3O/c1-4-11(2)9-15(3)7-8-16-10-12(14)5-6-13(16)17/h5-6,10-11H,4,7-9,14H2,1-3H3. The van der Waals surface area contributed by atoms with Crippen LogP contribution < -0.4 is 11.3 Å². The molecule has 0 aliphatic rings. The Hall–Kier alpha value is -1.29. The van der Waals surface area contributed by atoms with Gasteiger partial charge in [0.2, 0.25) is 0 Å². The molecule has 2 N–H and O–H groups in total. The van der Waals surface area contributed by atoms with Crippen molar-refractivity contribution in [3.8, 4) is 0 Å². The van der Waals surface area contributed by atoms with Crippen LogP contribution in [0.4, 0.5) is 5.69 Å². The van der Waals surface area contributed by atoms with Gasteiger partial charge in [0.1, 0.15) is 0 Å². The van der Waals surface area contributed by atoms with Gasteiger partial charge in [0.05, 0.1) is 0 Å². The van der Waals surface area contributed by atoms with Gasteiger partial charge >= 0.3 is 0 Å². The maximum atomic E-state index is 11.6. The first-order valence-electron chi connectivity index (χ1n) is 6.17. The Morgan fingerprint density at radius 2 is 2.18 bits per heavy atom.